The molecular weight excluding hydrogens is 308 g/mol. The zero-order valence-corrected chi connectivity index (χ0v) is 13.7. The zero-order chi connectivity index (χ0) is 17.3. The number of aromatic nitrogens is 1. The predicted molar refractivity (Wildman–Crippen MR) is 89.8 cm³/mol. The van der Waals surface area contributed by atoms with Gasteiger partial charge in [-0.1, -0.05) is 18.2 Å². The number of carbonyl (C=O) groups excluding carboxylic acids is 2. The first-order valence-electron chi connectivity index (χ1n) is 7.77. The fourth-order valence-corrected chi connectivity index (χ4v) is 3.10. The molecule has 0 aliphatic carbocycles. The van der Waals surface area contributed by atoms with Gasteiger partial charge in [0.15, 0.2) is 0 Å². The molecule has 1 saturated heterocycles. The summed E-state index contributed by atoms with van der Waals surface area (Å²) >= 11 is 0. The number of methoxy groups -OCH3 is 1. The van der Waals surface area contributed by atoms with Crippen molar-refractivity contribution in [3.8, 4) is 5.88 Å². The van der Waals surface area contributed by atoms with E-state index in [0.29, 0.717) is 29.9 Å². The number of benzene rings is 1. The lowest BCUT2D eigenvalue weighted by Crippen LogP contribution is -2.45. The van der Waals surface area contributed by atoms with Crippen molar-refractivity contribution < 1.29 is 14.3 Å². The van der Waals surface area contributed by atoms with Gasteiger partial charge in [-0.2, -0.15) is 0 Å². The van der Waals surface area contributed by atoms with Gasteiger partial charge in [-0.05, 0) is 12.5 Å². The number of fused-ring (bicyclic) bond motifs is 1. The van der Waals surface area contributed by atoms with Crippen LogP contribution in [0.5, 0.6) is 5.88 Å². The summed E-state index contributed by atoms with van der Waals surface area (Å²) in [6.07, 6.45) is 0.450. The average molecular weight is 328 g/mol. The summed E-state index contributed by atoms with van der Waals surface area (Å²) < 4.78 is 5.21. The largest absolute Gasteiger partial charge is 0.481 e. The summed E-state index contributed by atoms with van der Waals surface area (Å²) in [7, 11) is 3.06. The van der Waals surface area contributed by atoms with E-state index in [9.17, 15) is 9.59 Å². The third-order valence-electron chi connectivity index (χ3n) is 4.28. The molecule has 0 saturated carbocycles. The molecule has 1 aromatic heterocycles. The van der Waals surface area contributed by atoms with Gasteiger partial charge in [0.2, 0.25) is 11.8 Å². The molecule has 126 valence electrons. The number of amides is 2. The third kappa shape index (κ3) is 2.78. The summed E-state index contributed by atoms with van der Waals surface area (Å²) in [5, 5.41) is 3.32. The molecule has 2 amide bonds. The van der Waals surface area contributed by atoms with Crippen molar-refractivity contribution in [2.45, 2.75) is 18.5 Å². The van der Waals surface area contributed by atoms with E-state index < -0.39 is 6.04 Å². The van der Waals surface area contributed by atoms with E-state index in [1.54, 1.807) is 13.1 Å². The lowest BCUT2D eigenvalue weighted by atomic mass is 10.1. The number of nitrogens with one attached hydrogen (secondary N) is 1. The van der Waals surface area contributed by atoms with E-state index in [-0.39, 0.29) is 17.9 Å². The Hall–Kier alpha value is -2.67. The van der Waals surface area contributed by atoms with Gasteiger partial charge in [0.1, 0.15) is 6.04 Å². The number of hydrogen-bond acceptors (Lipinski definition) is 5. The predicted octanol–water partition coefficient (Wildman–Crippen LogP) is 0.531. The van der Waals surface area contributed by atoms with E-state index in [1.807, 2.05) is 24.3 Å². The molecule has 1 aliphatic heterocycles. The van der Waals surface area contributed by atoms with E-state index in [1.165, 1.54) is 12.0 Å². The van der Waals surface area contributed by atoms with Gasteiger partial charge < -0.3 is 20.7 Å². The van der Waals surface area contributed by atoms with Crippen LogP contribution in [0.2, 0.25) is 0 Å². The summed E-state index contributed by atoms with van der Waals surface area (Å²) in [6.45, 7) is 0.343. The SMILES string of the molecule is CNC(=O)[C@@H]1C[C@H](N)CN1C(=O)c1cc(OC)nc2ccccc12. The van der Waals surface area contributed by atoms with E-state index in [2.05, 4.69) is 10.3 Å². The number of rotatable bonds is 3. The second-order valence-electron chi connectivity index (χ2n) is 5.81. The van der Waals surface area contributed by atoms with Crippen LogP contribution in [0, 0.1) is 0 Å². The van der Waals surface area contributed by atoms with Crippen LogP contribution in [0.15, 0.2) is 30.3 Å². The van der Waals surface area contributed by atoms with Crippen molar-refractivity contribution >= 4 is 22.7 Å². The molecule has 7 heteroatoms. The molecule has 1 fully saturated rings. The standard InChI is InChI=1S/C17H20N4O3/c1-19-16(22)14-7-10(18)9-21(14)17(23)12-8-15(24-2)20-13-6-4-3-5-11(12)13/h3-6,8,10,14H,7,9,18H2,1-2H3,(H,19,22)/t10-,14-/m0/s1. The average Bonchev–Trinajstić information content (AvgIpc) is 3.01. The number of carbonyl (C=O) groups is 2. The summed E-state index contributed by atoms with van der Waals surface area (Å²) in [5.74, 6) is -0.0906. The Bertz CT molecular complexity index is 792. The number of nitrogens with zero attached hydrogens (tertiary/aromatic N) is 2. The fraction of sp³-hybridized carbons (Fsp3) is 0.353. The number of pyridine rings is 1. The molecule has 2 heterocycles. The summed E-state index contributed by atoms with van der Waals surface area (Å²) in [4.78, 5) is 31.1. The molecule has 0 spiro atoms. The molecule has 1 aliphatic rings. The lowest BCUT2D eigenvalue weighted by Gasteiger charge is -2.24. The summed E-state index contributed by atoms with van der Waals surface area (Å²) in [5.41, 5.74) is 7.11. The van der Waals surface area contributed by atoms with E-state index in [0.717, 1.165) is 5.39 Å². The molecule has 3 N–H and O–H groups in total. The molecular formula is C17H20N4O3. The second-order valence-corrected chi connectivity index (χ2v) is 5.81. The van der Waals surface area contributed by atoms with Gasteiger partial charge in [0.05, 0.1) is 18.2 Å². The Morgan fingerprint density at radius 1 is 1.38 bits per heavy atom. The van der Waals surface area contributed by atoms with Crippen LogP contribution in [-0.4, -0.2) is 54.5 Å². The highest BCUT2D eigenvalue weighted by Crippen LogP contribution is 2.26. The maximum absolute atomic E-state index is 13.1. The van der Waals surface area contributed by atoms with E-state index >= 15 is 0 Å². The van der Waals surface area contributed by atoms with Gasteiger partial charge >= 0.3 is 0 Å². The number of likely N-dealkylation sites (tertiary alicyclic amines) is 1. The maximum Gasteiger partial charge on any atom is 0.255 e. The van der Waals surface area contributed by atoms with Crippen LogP contribution in [0.25, 0.3) is 10.9 Å². The molecule has 2 atom stereocenters. The first kappa shape index (κ1) is 16.2. The smallest absolute Gasteiger partial charge is 0.255 e. The second kappa shape index (κ2) is 6.45. The molecule has 1 aromatic carbocycles. The van der Waals surface area contributed by atoms with Crippen molar-refractivity contribution in [3.63, 3.8) is 0 Å². The van der Waals surface area contributed by atoms with Gasteiger partial charge in [-0.15, -0.1) is 0 Å². The molecule has 24 heavy (non-hydrogen) atoms. The van der Waals surface area contributed by atoms with Gasteiger partial charge in [0, 0.05) is 31.1 Å². The van der Waals surface area contributed by atoms with Crippen LogP contribution in [-0.2, 0) is 4.79 Å². The number of nitrogens with two attached hydrogens (primary N) is 1. The van der Waals surface area contributed by atoms with Crippen molar-refractivity contribution in [1.29, 1.82) is 0 Å². The van der Waals surface area contributed by atoms with Crippen molar-refractivity contribution in [1.82, 2.24) is 15.2 Å². The number of likely N-dealkylation sites (N-methyl/N-ethyl adjacent to an activating group) is 1. The summed E-state index contributed by atoms with van der Waals surface area (Å²) in [6, 6.07) is 8.18. The Morgan fingerprint density at radius 3 is 2.83 bits per heavy atom. The van der Waals surface area contributed by atoms with Crippen LogP contribution < -0.4 is 15.8 Å². The van der Waals surface area contributed by atoms with Crippen LogP contribution in [0.1, 0.15) is 16.8 Å². The minimum Gasteiger partial charge on any atom is -0.481 e. The lowest BCUT2D eigenvalue weighted by molar-refractivity contribution is -0.124. The third-order valence-corrected chi connectivity index (χ3v) is 4.28. The highest BCUT2D eigenvalue weighted by atomic mass is 16.5. The van der Waals surface area contributed by atoms with Gasteiger partial charge in [-0.3, -0.25) is 9.59 Å². The normalized spacial score (nSPS) is 20.2. The van der Waals surface area contributed by atoms with Crippen LogP contribution in [0.3, 0.4) is 0 Å². The first-order valence-corrected chi connectivity index (χ1v) is 7.77. The highest BCUT2D eigenvalue weighted by molar-refractivity contribution is 6.07. The molecule has 0 radical (unpaired) electrons. The van der Waals surface area contributed by atoms with Crippen molar-refractivity contribution in [2.75, 3.05) is 20.7 Å². The van der Waals surface area contributed by atoms with Crippen molar-refractivity contribution in [2.24, 2.45) is 5.73 Å². The Kier molecular flexibility index (Phi) is 4.35. The topological polar surface area (TPSA) is 97.6 Å². The molecule has 0 bridgehead atoms. The van der Waals surface area contributed by atoms with Gasteiger partial charge in [-0.25, -0.2) is 4.98 Å². The highest BCUT2D eigenvalue weighted by Gasteiger charge is 2.38. The fourth-order valence-electron chi connectivity index (χ4n) is 3.10. The molecule has 3 rings (SSSR count). The monoisotopic (exact) mass is 328 g/mol. The maximum atomic E-state index is 13.1. The van der Waals surface area contributed by atoms with Gasteiger partial charge in [0.25, 0.3) is 5.91 Å². The molecule has 2 aromatic rings. The number of ether oxygens (including phenoxy) is 1. The Balaban J connectivity index is 2.06. The van der Waals surface area contributed by atoms with Crippen LogP contribution >= 0.6 is 0 Å². The molecule has 0 unspecified atom stereocenters. The minimum absolute atomic E-state index is 0.207. The van der Waals surface area contributed by atoms with Crippen LogP contribution in [0.4, 0.5) is 0 Å². The van der Waals surface area contributed by atoms with E-state index in [4.69, 9.17) is 10.5 Å². The Morgan fingerprint density at radius 2 is 2.12 bits per heavy atom. The first-order chi connectivity index (χ1) is 11.5. The quantitative estimate of drug-likeness (QED) is 0.856. The Labute approximate surface area is 139 Å². The number of para-hydroxylation sites is 1. The minimum atomic E-state index is -0.560. The number of hydrogen-bond donors (Lipinski definition) is 2. The zero-order valence-electron chi connectivity index (χ0n) is 13.7. The molecule has 7 nitrogen and oxygen atoms in total. The van der Waals surface area contributed by atoms with Crippen molar-refractivity contribution in [3.05, 3.63) is 35.9 Å².